The van der Waals surface area contributed by atoms with Crippen molar-refractivity contribution in [2.75, 3.05) is 30.0 Å². The van der Waals surface area contributed by atoms with Gasteiger partial charge in [0.05, 0.1) is 17.6 Å². The second-order valence-corrected chi connectivity index (χ2v) is 4.42. The first kappa shape index (κ1) is 13.6. The molecule has 0 spiro atoms. The molecule has 7 heteroatoms. The van der Waals surface area contributed by atoms with Gasteiger partial charge in [-0.2, -0.15) is 0 Å². The first-order valence-electron chi connectivity index (χ1n) is 6.28. The molecule has 0 aliphatic carbocycles. The van der Waals surface area contributed by atoms with Gasteiger partial charge in [-0.15, -0.1) is 0 Å². The van der Waals surface area contributed by atoms with E-state index in [9.17, 15) is 10.1 Å². The second kappa shape index (κ2) is 5.85. The van der Waals surface area contributed by atoms with Crippen molar-refractivity contribution in [1.82, 2.24) is 0 Å². The highest BCUT2D eigenvalue weighted by Gasteiger charge is 2.27. The van der Waals surface area contributed by atoms with Gasteiger partial charge in [-0.05, 0) is 18.6 Å². The van der Waals surface area contributed by atoms with Crippen LogP contribution in [0.15, 0.2) is 18.2 Å². The van der Waals surface area contributed by atoms with Crippen LogP contribution in [0, 0.1) is 10.1 Å². The topological polar surface area (TPSA) is 93.7 Å². The molecule has 1 saturated heterocycles. The minimum Gasteiger partial charge on any atom is -0.375 e. The Kier molecular flexibility index (Phi) is 4.18. The van der Waals surface area contributed by atoms with Gasteiger partial charge in [0.15, 0.2) is 0 Å². The summed E-state index contributed by atoms with van der Waals surface area (Å²) in [4.78, 5) is 12.8. The molecule has 0 bridgehead atoms. The zero-order valence-electron chi connectivity index (χ0n) is 10.8. The molecule has 1 aromatic rings. The molecule has 19 heavy (non-hydrogen) atoms. The Morgan fingerprint density at radius 1 is 1.63 bits per heavy atom. The van der Waals surface area contributed by atoms with Crippen molar-refractivity contribution >= 4 is 17.1 Å². The van der Waals surface area contributed by atoms with Crippen LogP contribution in [0.3, 0.4) is 0 Å². The number of hydrogen-bond acceptors (Lipinski definition) is 6. The quantitative estimate of drug-likeness (QED) is 0.487. The molecule has 1 aromatic carbocycles. The number of benzene rings is 1. The van der Waals surface area contributed by atoms with Crippen molar-refractivity contribution in [1.29, 1.82) is 0 Å². The predicted molar refractivity (Wildman–Crippen MR) is 73.2 cm³/mol. The van der Waals surface area contributed by atoms with Crippen LogP contribution in [0.5, 0.6) is 0 Å². The molecule has 0 amide bonds. The number of nitrogen functional groups attached to an aromatic ring is 1. The fraction of sp³-hybridized carbons (Fsp3) is 0.500. The minimum atomic E-state index is -0.402. The number of ether oxygens (including phenoxy) is 1. The van der Waals surface area contributed by atoms with Crippen LogP contribution in [0.2, 0.25) is 0 Å². The van der Waals surface area contributed by atoms with Crippen LogP contribution in [-0.4, -0.2) is 30.7 Å². The first-order chi connectivity index (χ1) is 9.17. The van der Waals surface area contributed by atoms with Gasteiger partial charge in [0.1, 0.15) is 11.4 Å². The van der Waals surface area contributed by atoms with Gasteiger partial charge in [0, 0.05) is 13.1 Å². The molecule has 104 valence electrons. The maximum Gasteiger partial charge on any atom is 0.316 e. The average Bonchev–Trinajstić information content (AvgIpc) is 2.46. The van der Waals surface area contributed by atoms with Crippen molar-refractivity contribution in [3.8, 4) is 0 Å². The summed E-state index contributed by atoms with van der Waals surface area (Å²) in [5.41, 5.74) is 3.30. The van der Waals surface area contributed by atoms with Crippen molar-refractivity contribution in [2.24, 2.45) is 5.84 Å². The molecular formula is C12H18N4O3. The highest BCUT2D eigenvalue weighted by atomic mass is 16.6. The number of rotatable bonds is 4. The Balaban J connectivity index is 2.35. The number of nitro groups is 1. The zero-order chi connectivity index (χ0) is 13.8. The van der Waals surface area contributed by atoms with Crippen LogP contribution < -0.4 is 16.2 Å². The fourth-order valence-corrected chi connectivity index (χ4v) is 2.28. The number of morpholine rings is 1. The molecule has 1 unspecified atom stereocenters. The molecule has 1 aliphatic heterocycles. The fourth-order valence-electron chi connectivity index (χ4n) is 2.28. The summed E-state index contributed by atoms with van der Waals surface area (Å²) in [6.07, 6.45) is 1.00. The van der Waals surface area contributed by atoms with Crippen LogP contribution >= 0.6 is 0 Å². The monoisotopic (exact) mass is 266 g/mol. The number of para-hydroxylation sites is 1. The van der Waals surface area contributed by atoms with Crippen LogP contribution in [-0.2, 0) is 4.74 Å². The molecule has 7 nitrogen and oxygen atoms in total. The Morgan fingerprint density at radius 2 is 2.42 bits per heavy atom. The van der Waals surface area contributed by atoms with Gasteiger partial charge >= 0.3 is 5.69 Å². The summed E-state index contributed by atoms with van der Waals surface area (Å²) in [7, 11) is 0. The van der Waals surface area contributed by atoms with Gasteiger partial charge in [-0.3, -0.25) is 16.0 Å². The van der Waals surface area contributed by atoms with Gasteiger partial charge in [-0.1, -0.05) is 13.0 Å². The molecule has 0 aromatic heterocycles. The number of hydrogen-bond donors (Lipinski definition) is 2. The molecule has 1 heterocycles. The number of anilines is 2. The van der Waals surface area contributed by atoms with Gasteiger partial charge in [0.2, 0.25) is 0 Å². The Labute approximate surface area is 111 Å². The van der Waals surface area contributed by atoms with Crippen molar-refractivity contribution in [3.05, 3.63) is 28.3 Å². The normalized spacial score (nSPS) is 19.3. The Bertz CT molecular complexity index is 466. The van der Waals surface area contributed by atoms with Crippen LogP contribution in [0.4, 0.5) is 17.1 Å². The Morgan fingerprint density at radius 3 is 3.05 bits per heavy atom. The number of hydrazine groups is 1. The third-order valence-electron chi connectivity index (χ3n) is 3.29. The molecule has 1 aliphatic rings. The smallest absolute Gasteiger partial charge is 0.316 e. The van der Waals surface area contributed by atoms with E-state index in [1.54, 1.807) is 18.2 Å². The van der Waals surface area contributed by atoms with E-state index in [-0.39, 0.29) is 11.8 Å². The summed E-state index contributed by atoms with van der Waals surface area (Å²) < 4.78 is 5.58. The van der Waals surface area contributed by atoms with E-state index in [1.807, 2.05) is 11.8 Å². The highest BCUT2D eigenvalue weighted by molar-refractivity contribution is 5.76. The molecule has 1 atom stereocenters. The summed E-state index contributed by atoms with van der Waals surface area (Å²) in [6, 6.07) is 5.10. The summed E-state index contributed by atoms with van der Waals surface area (Å²) in [5.74, 6) is 5.34. The summed E-state index contributed by atoms with van der Waals surface area (Å²) >= 11 is 0. The van der Waals surface area contributed by atoms with E-state index < -0.39 is 4.92 Å². The lowest BCUT2D eigenvalue weighted by molar-refractivity contribution is -0.383. The third-order valence-corrected chi connectivity index (χ3v) is 3.29. The summed E-state index contributed by atoms with van der Waals surface area (Å²) in [6.45, 7) is 3.92. The Hall–Kier alpha value is -1.86. The van der Waals surface area contributed by atoms with Gasteiger partial charge < -0.3 is 15.1 Å². The maximum absolute atomic E-state index is 11.2. The van der Waals surface area contributed by atoms with Crippen molar-refractivity contribution in [3.63, 3.8) is 0 Å². The number of nitrogens with zero attached hydrogens (tertiary/aromatic N) is 2. The van der Waals surface area contributed by atoms with Gasteiger partial charge in [-0.25, -0.2) is 0 Å². The van der Waals surface area contributed by atoms with E-state index in [4.69, 9.17) is 10.6 Å². The second-order valence-electron chi connectivity index (χ2n) is 4.42. The van der Waals surface area contributed by atoms with E-state index >= 15 is 0 Å². The number of nitrogens with two attached hydrogens (primary N) is 1. The van der Waals surface area contributed by atoms with Gasteiger partial charge in [0.25, 0.3) is 0 Å². The number of nitro benzene ring substituents is 1. The number of nitrogens with one attached hydrogen (secondary N) is 1. The van der Waals surface area contributed by atoms with Crippen molar-refractivity contribution in [2.45, 2.75) is 19.4 Å². The largest absolute Gasteiger partial charge is 0.375 e. The molecule has 2 rings (SSSR count). The van der Waals surface area contributed by atoms with E-state index in [2.05, 4.69) is 5.43 Å². The first-order valence-corrected chi connectivity index (χ1v) is 6.28. The predicted octanol–water partition coefficient (Wildman–Crippen LogP) is 1.50. The lowest BCUT2D eigenvalue weighted by atomic mass is 10.1. The molecule has 1 fully saturated rings. The molecular weight excluding hydrogens is 248 g/mol. The highest BCUT2D eigenvalue weighted by Crippen LogP contribution is 2.35. The molecule has 0 saturated carbocycles. The lowest BCUT2D eigenvalue weighted by Crippen LogP contribution is -2.42. The minimum absolute atomic E-state index is 0.0155. The molecule has 0 radical (unpaired) electrons. The third kappa shape index (κ3) is 2.77. The molecule has 3 N–H and O–H groups in total. The SMILES string of the molecule is CCC1CN(c2cccc(NN)c2[N+](=O)[O-])CCO1. The average molecular weight is 266 g/mol. The maximum atomic E-state index is 11.2. The standard InChI is InChI=1S/C12H18N4O3/c1-2-9-8-15(6-7-19-9)11-5-3-4-10(14-13)12(11)16(17)18/h3-5,9,14H,2,6-8,13H2,1H3. The van der Waals surface area contributed by atoms with E-state index in [0.717, 1.165) is 6.42 Å². The van der Waals surface area contributed by atoms with Crippen LogP contribution in [0.1, 0.15) is 13.3 Å². The zero-order valence-corrected chi connectivity index (χ0v) is 10.8. The van der Waals surface area contributed by atoms with Crippen molar-refractivity contribution < 1.29 is 9.66 Å². The lowest BCUT2D eigenvalue weighted by Gasteiger charge is -2.33. The van der Waals surface area contributed by atoms with E-state index in [1.165, 1.54) is 0 Å². The van der Waals surface area contributed by atoms with Crippen LogP contribution in [0.25, 0.3) is 0 Å². The van der Waals surface area contributed by atoms with E-state index in [0.29, 0.717) is 31.1 Å². The summed E-state index contributed by atoms with van der Waals surface area (Å²) in [5, 5.41) is 11.2.